The number of hydrogen-bond acceptors (Lipinski definition) is 5. The van der Waals surface area contributed by atoms with Crippen molar-refractivity contribution in [3.8, 4) is 0 Å². The van der Waals surface area contributed by atoms with Crippen LogP contribution >= 0.6 is 0 Å². The fraction of sp³-hybridized carbons (Fsp3) is 0.357. The molecule has 0 spiro atoms. The average Bonchev–Trinajstić information content (AvgIpc) is 2.46. The number of carbonyl (C=O) groups excluding carboxylic acids is 3. The predicted molar refractivity (Wildman–Crippen MR) is 68.1 cm³/mol. The summed E-state index contributed by atoms with van der Waals surface area (Å²) in [6.07, 6.45) is 3.92. The van der Waals surface area contributed by atoms with E-state index in [2.05, 4.69) is 6.58 Å². The number of ether oxygens (including phenoxy) is 2. The maximum atomic E-state index is 11.4. The number of carbonyl (C=O) groups is 3. The van der Waals surface area contributed by atoms with Crippen molar-refractivity contribution in [2.75, 3.05) is 13.7 Å². The van der Waals surface area contributed by atoms with E-state index in [1.165, 1.54) is 13.2 Å². The normalized spacial score (nSPS) is 21.8. The van der Waals surface area contributed by atoms with Crippen LogP contribution in [0.3, 0.4) is 0 Å². The number of hydrogen-bond donors (Lipinski definition) is 0. The molecule has 0 saturated carbocycles. The molecule has 19 heavy (non-hydrogen) atoms. The Balaban J connectivity index is 3.13. The highest BCUT2D eigenvalue weighted by Gasteiger charge is 2.38. The Kier molecular flexibility index (Phi) is 4.80. The van der Waals surface area contributed by atoms with E-state index in [4.69, 9.17) is 9.47 Å². The second kappa shape index (κ2) is 6.13. The molecule has 0 amide bonds. The molecule has 0 aliphatic heterocycles. The van der Waals surface area contributed by atoms with Gasteiger partial charge in [0.25, 0.3) is 0 Å². The number of rotatable bonds is 7. The van der Waals surface area contributed by atoms with Crippen LogP contribution in [-0.4, -0.2) is 32.1 Å². The van der Waals surface area contributed by atoms with Gasteiger partial charge in [-0.3, -0.25) is 9.59 Å². The predicted octanol–water partition coefficient (Wildman–Crippen LogP) is 1.35. The summed E-state index contributed by atoms with van der Waals surface area (Å²) in [6, 6.07) is 0. The molecule has 0 radical (unpaired) electrons. The van der Waals surface area contributed by atoms with Crippen LogP contribution in [0, 0.1) is 5.41 Å². The van der Waals surface area contributed by atoms with Gasteiger partial charge in [-0.2, -0.15) is 0 Å². The van der Waals surface area contributed by atoms with Crippen LogP contribution in [0.2, 0.25) is 0 Å². The van der Waals surface area contributed by atoms with E-state index in [9.17, 15) is 14.4 Å². The van der Waals surface area contributed by atoms with Crippen LogP contribution in [0.1, 0.15) is 13.3 Å². The molecule has 0 saturated heterocycles. The third-order valence-corrected chi connectivity index (χ3v) is 2.98. The van der Waals surface area contributed by atoms with E-state index in [-0.39, 0.29) is 18.3 Å². The monoisotopic (exact) mass is 264 g/mol. The molecule has 1 aliphatic rings. The second-order valence-corrected chi connectivity index (χ2v) is 4.05. The number of allylic oxidation sites excluding steroid dienone is 4. The first-order valence-electron chi connectivity index (χ1n) is 5.79. The van der Waals surface area contributed by atoms with Gasteiger partial charge in [0.1, 0.15) is 12.0 Å². The number of aldehydes is 2. The van der Waals surface area contributed by atoms with Gasteiger partial charge in [0, 0.05) is 12.0 Å². The summed E-state index contributed by atoms with van der Waals surface area (Å²) in [4.78, 5) is 33.3. The Hall–Kier alpha value is -2.17. The summed E-state index contributed by atoms with van der Waals surface area (Å²) in [5.41, 5.74) is -1.32. The van der Waals surface area contributed by atoms with Crippen LogP contribution < -0.4 is 0 Å². The average molecular weight is 264 g/mol. The SMILES string of the molecule is C=C(C(=O)C=O)[C@]1(C=O)C=CC(OCC)=C(OC)C1. The molecule has 0 N–H and O–H groups in total. The summed E-state index contributed by atoms with van der Waals surface area (Å²) >= 11 is 0. The van der Waals surface area contributed by atoms with Crippen molar-refractivity contribution >= 4 is 18.4 Å². The highest BCUT2D eigenvalue weighted by Crippen LogP contribution is 2.38. The molecular weight excluding hydrogens is 248 g/mol. The Labute approximate surface area is 111 Å². The van der Waals surface area contributed by atoms with E-state index >= 15 is 0 Å². The lowest BCUT2D eigenvalue weighted by Crippen LogP contribution is -2.30. The molecule has 0 fully saturated rings. The molecule has 5 nitrogen and oxygen atoms in total. The van der Waals surface area contributed by atoms with Gasteiger partial charge < -0.3 is 14.3 Å². The topological polar surface area (TPSA) is 69.7 Å². The number of methoxy groups -OCH3 is 1. The standard InChI is InChI=1S/C14H16O5/c1-4-19-12-5-6-14(9-16,7-13(12)18-3)10(2)11(17)8-15/h5-6,8-9H,2,4,7H2,1,3H3/t14-/m1/s1. The van der Waals surface area contributed by atoms with Crippen molar-refractivity contribution in [1.82, 2.24) is 0 Å². The largest absolute Gasteiger partial charge is 0.497 e. The Morgan fingerprint density at radius 3 is 2.68 bits per heavy atom. The molecule has 0 heterocycles. The minimum Gasteiger partial charge on any atom is -0.497 e. The maximum Gasteiger partial charge on any atom is 0.222 e. The summed E-state index contributed by atoms with van der Waals surface area (Å²) in [5.74, 6) is 0.150. The van der Waals surface area contributed by atoms with E-state index in [0.717, 1.165) is 0 Å². The number of ketones is 1. The zero-order valence-corrected chi connectivity index (χ0v) is 11.0. The fourth-order valence-corrected chi connectivity index (χ4v) is 1.85. The van der Waals surface area contributed by atoms with Gasteiger partial charge in [0.05, 0.1) is 19.1 Å². The van der Waals surface area contributed by atoms with E-state index in [0.29, 0.717) is 24.4 Å². The van der Waals surface area contributed by atoms with Gasteiger partial charge in [-0.05, 0) is 13.0 Å². The lowest BCUT2D eigenvalue weighted by Gasteiger charge is -2.29. The molecule has 1 rings (SSSR count). The van der Waals surface area contributed by atoms with Crippen molar-refractivity contribution in [2.45, 2.75) is 13.3 Å². The van der Waals surface area contributed by atoms with Crippen LogP contribution in [-0.2, 0) is 23.9 Å². The van der Waals surface area contributed by atoms with Crippen molar-refractivity contribution in [3.63, 3.8) is 0 Å². The smallest absolute Gasteiger partial charge is 0.222 e. The zero-order chi connectivity index (χ0) is 14.5. The summed E-state index contributed by atoms with van der Waals surface area (Å²) in [5, 5.41) is 0. The van der Waals surface area contributed by atoms with Crippen molar-refractivity contribution < 1.29 is 23.9 Å². The minimum absolute atomic E-state index is 0.0705. The second-order valence-electron chi connectivity index (χ2n) is 4.05. The van der Waals surface area contributed by atoms with Crippen LogP contribution in [0.5, 0.6) is 0 Å². The van der Waals surface area contributed by atoms with Crippen LogP contribution in [0.4, 0.5) is 0 Å². The quantitative estimate of drug-likeness (QED) is 0.394. The maximum absolute atomic E-state index is 11.4. The van der Waals surface area contributed by atoms with E-state index in [1.54, 1.807) is 6.08 Å². The molecule has 0 unspecified atom stereocenters. The first-order valence-corrected chi connectivity index (χ1v) is 5.79. The Morgan fingerprint density at radius 2 is 2.21 bits per heavy atom. The van der Waals surface area contributed by atoms with Crippen molar-refractivity contribution in [2.24, 2.45) is 5.41 Å². The first-order chi connectivity index (χ1) is 9.04. The van der Waals surface area contributed by atoms with Crippen molar-refractivity contribution in [1.29, 1.82) is 0 Å². The van der Waals surface area contributed by atoms with E-state index in [1.807, 2.05) is 6.92 Å². The Morgan fingerprint density at radius 1 is 1.53 bits per heavy atom. The molecule has 102 valence electrons. The highest BCUT2D eigenvalue weighted by molar-refractivity contribution is 6.34. The third-order valence-electron chi connectivity index (χ3n) is 2.98. The molecule has 0 bridgehead atoms. The van der Waals surface area contributed by atoms with Gasteiger partial charge >= 0.3 is 0 Å². The number of Topliss-reactive ketones (excluding diaryl/α,β-unsaturated/α-hetero) is 1. The minimum atomic E-state index is -1.25. The molecule has 0 aromatic carbocycles. The summed E-state index contributed by atoms with van der Waals surface area (Å²) in [7, 11) is 1.45. The molecule has 5 heteroatoms. The highest BCUT2D eigenvalue weighted by atomic mass is 16.5. The molecule has 1 aliphatic carbocycles. The third kappa shape index (κ3) is 2.81. The van der Waals surface area contributed by atoms with Crippen molar-refractivity contribution in [3.05, 3.63) is 35.8 Å². The fourth-order valence-electron chi connectivity index (χ4n) is 1.85. The Bertz CT molecular complexity index is 472. The van der Waals surface area contributed by atoms with Gasteiger partial charge in [0.2, 0.25) is 5.78 Å². The molecule has 0 aromatic rings. The van der Waals surface area contributed by atoms with Crippen LogP contribution in [0.15, 0.2) is 35.8 Å². The van der Waals surface area contributed by atoms with E-state index < -0.39 is 11.2 Å². The molecule has 1 atom stereocenters. The van der Waals surface area contributed by atoms with Gasteiger partial charge in [-0.25, -0.2) is 0 Å². The summed E-state index contributed by atoms with van der Waals surface area (Å²) < 4.78 is 10.5. The molecule has 0 aromatic heterocycles. The lowest BCUT2D eigenvalue weighted by atomic mass is 9.74. The first kappa shape index (κ1) is 14.9. The zero-order valence-electron chi connectivity index (χ0n) is 11.0. The lowest BCUT2D eigenvalue weighted by molar-refractivity contribution is -0.128. The molecular formula is C14H16O5. The van der Waals surface area contributed by atoms with Gasteiger partial charge in [-0.1, -0.05) is 12.7 Å². The van der Waals surface area contributed by atoms with Crippen LogP contribution in [0.25, 0.3) is 0 Å². The summed E-state index contributed by atoms with van der Waals surface area (Å²) in [6.45, 7) is 5.83. The van der Waals surface area contributed by atoms with Gasteiger partial charge in [-0.15, -0.1) is 0 Å². The van der Waals surface area contributed by atoms with Gasteiger partial charge in [0.15, 0.2) is 12.0 Å².